The monoisotopic (exact) mass is 296 g/mol. The highest BCUT2D eigenvalue weighted by atomic mass is 35.5. The van der Waals surface area contributed by atoms with Gasteiger partial charge in [0.1, 0.15) is 0 Å². The molecule has 108 valence electrons. The van der Waals surface area contributed by atoms with Gasteiger partial charge in [-0.1, -0.05) is 24.4 Å². The first-order valence-corrected chi connectivity index (χ1v) is 6.96. The van der Waals surface area contributed by atoms with E-state index < -0.39 is 11.4 Å². The van der Waals surface area contributed by atoms with Gasteiger partial charge in [-0.2, -0.15) is 0 Å². The van der Waals surface area contributed by atoms with Crippen LogP contribution in [0.4, 0.5) is 5.69 Å². The molecule has 6 heteroatoms. The second-order valence-corrected chi connectivity index (χ2v) is 5.73. The van der Waals surface area contributed by atoms with Crippen LogP contribution in [0.5, 0.6) is 0 Å². The summed E-state index contributed by atoms with van der Waals surface area (Å²) < 4.78 is 0. The smallest absolute Gasteiger partial charge is 0.310 e. The summed E-state index contributed by atoms with van der Waals surface area (Å²) >= 11 is 5.91. The number of carboxylic acids is 1. The predicted molar refractivity (Wildman–Crippen MR) is 75.8 cm³/mol. The molecule has 0 radical (unpaired) electrons. The van der Waals surface area contributed by atoms with Crippen LogP contribution in [0, 0.1) is 12.3 Å². The molecule has 1 saturated carbocycles. The number of aliphatic carboxylic acids is 1. The summed E-state index contributed by atoms with van der Waals surface area (Å²) in [4.78, 5) is 27.4. The van der Waals surface area contributed by atoms with Crippen molar-refractivity contribution in [3.8, 4) is 0 Å². The number of aryl methyl sites for hydroxylation is 1. The zero-order chi connectivity index (χ0) is 14.8. The van der Waals surface area contributed by atoms with Crippen molar-refractivity contribution in [3.63, 3.8) is 0 Å². The van der Waals surface area contributed by atoms with E-state index in [1.54, 1.807) is 12.3 Å². The van der Waals surface area contributed by atoms with E-state index in [0.29, 0.717) is 18.5 Å². The van der Waals surface area contributed by atoms with E-state index in [-0.39, 0.29) is 17.5 Å². The third-order valence-electron chi connectivity index (χ3n) is 3.76. The van der Waals surface area contributed by atoms with Gasteiger partial charge in [0, 0.05) is 12.6 Å². The summed E-state index contributed by atoms with van der Waals surface area (Å²) in [5.74, 6) is -1.22. The first-order chi connectivity index (χ1) is 9.43. The number of aromatic nitrogens is 1. The van der Waals surface area contributed by atoms with E-state index in [9.17, 15) is 14.7 Å². The molecule has 1 aromatic rings. The van der Waals surface area contributed by atoms with Crippen molar-refractivity contribution in [2.75, 3.05) is 5.32 Å². The molecule has 0 aromatic carbocycles. The van der Waals surface area contributed by atoms with Crippen molar-refractivity contribution in [1.82, 2.24) is 4.98 Å². The molecule has 2 N–H and O–H groups in total. The molecule has 1 aromatic heterocycles. The Labute approximate surface area is 122 Å². The van der Waals surface area contributed by atoms with Crippen LogP contribution in [0.15, 0.2) is 12.3 Å². The van der Waals surface area contributed by atoms with Crippen LogP contribution in [0.1, 0.15) is 37.7 Å². The summed E-state index contributed by atoms with van der Waals surface area (Å²) in [7, 11) is 0. The molecule has 5 nitrogen and oxygen atoms in total. The van der Waals surface area contributed by atoms with Crippen LogP contribution < -0.4 is 5.32 Å². The number of carbonyl (C=O) groups is 2. The van der Waals surface area contributed by atoms with Gasteiger partial charge in [0.05, 0.1) is 11.1 Å². The Bertz CT molecular complexity index is 539. The van der Waals surface area contributed by atoms with Crippen LogP contribution in [0.2, 0.25) is 5.15 Å². The Morgan fingerprint density at radius 2 is 2.10 bits per heavy atom. The van der Waals surface area contributed by atoms with E-state index >= 15 is 0 Å². The van der Waals surface area contributed by atoms with Gasteiger partial charge in [-0.15, -0.1) is 0 Å². The number of hydrogen-bond acceptors (Lipinski definition) is 3. The summed E-state index contributed by atoms with van der Waals surface area (Å²) in [6.07, 6.45) is 4.39. The van der Waals surface area contributed by atoms with Crippen molar-refractivity contribution < 1.29 is 14.7 Å². The Kier molecular flexibility index (Phi) is 4.28. The fourth-order valence-electron chi connectivity index (χ4n) is 2.66. The molecule has 1 fully saturated rings. The highest BCUT2D eigenvalue weighted by molar-refractivity contribution is 6.32. The van der Waals surface area contributed by atoms with E-state index in [2.05, 4.69) is 10.3 Å². The average Bonchev–Trinajstić information content (AvgIpc) is 2.83. The highest BCUT2D eigenvalue weighted by Crippen LogP contribution is 2.41. The predicted octanol–water partition coefficient (Wildman–Crippen LogP) is 3.02. The van der Waals surface area contributed by atoms with Gasteiger partial charge in [0.15, 0.2) is 5.15 Å². The van der Waals surface area contributed by atoms with Gasteiger partial charge in [0.2, 0.25) is 5.91 Å². The lowest BCUT2D eigenvalue weighted by atomic mass is 9.82. The third kappa shape index (κ3) is 3.10. The number of anilines is 1. The number of halogens is 1. The van der Waals surface area contributed by atoms with Crippen molar-refractivity contribution in [2.24, 2.45) is 5.41 Å². The first kappa shape index (κ1) is 14.8. The molecule has 1 amide bonds. The lowest BCUT2D eigenvalue weighted by Crippen LogP contribution is -2.32. The van der Waals surface area contributed by atoms with Crippen molar-refractivity contribution in [1.29, 1.82) is 0 Å². The van der Waals surface area contributed by atoms with Crippen molar-refractivity contribution in [2.45, 2.75) is 39.0 Å². The zero-order valence-corrected chi connectivity index (χ0v) is 12.0. The normalized spacial score (nSPS) is 16.9. The molecule has 1 heterocycles. The third-order valence-corrected chi connectivity index (χ3v) is 4.06. The molecule has 0 saturated heterocycles. The van der Waals surface area contributed by atoms with Gasteiger partial charge in [0.25, 0.3) is 0 Å². The maximum absolute atomic E-state index is 12.1. The molecule has 20 heavy (non-hydrogen) atoms. The van der Waals surface area contributed by atoms with E-state index in [1.165, 1.54) is 0 Å². The average molecular weight is 297 g/mol. The summed E-state index contributed by atoms with van der Waals surface area (Å²) in [6, 6.07) is 1.72. The van der Waals surface area contributed by atoms with Crippen LogP contribution in [-0.2, 0) is 9.59 Å². The fraction of sp³-hybridized carbons (Fsp3) is 0.500. The summed E-state index contributed by atoms with van der Waals surface area (Å²) in [5.41, 5.74) is 0.377. The minimum absolute atomic E-state index is 0.0212. The second-order valence-electron chi connectivity index (χ2n) is 5.37. The van der Waals surface area contributed by atoms with Gasteiger partial charge in [-0.05, 0) is 31.4 Å². The molecule has 0 unspecified atom stereocenters. The number of pyridine rings is 1. The molecular weight excluding hydrogens is 280 g/mol. The second kappa shape index (κ2) is 5.79. The molecule has 0 bridgehead atoms. The first-order valence-electron chi connectivity index (χ1n) is 6.58. The van der Waals surface area contributed by atoms with Gasteiger partial charge in [-0.3, -0.25) is 9.59 Å². The number of amides is 1. The lowest BCUT2D eigenvalue weighted by molar-refractivity contribution is -0.150. The number of hydrogen-bond donors (Lipinski definition) is 2. The number of rotatable bonds is 4. The number of nitrogens with zero attached hydrogens (tertiary/aromatic N) is 1. The molecule has 2 rings (SSSR count). The van der Waals surface area contributed by atoms with Crippen molar-refractivity contribution >= 4 is 29.2 Å². The van der Waals surface area contributed by atoms with Gasteiger partial charge < -0.3 is 10.4 Å². The van der Waals surface area contributed by atoms with E-state index in [4.69, 9.17) is 11.6 Å². The zero-order valence-electron chi connectivity index (χ0n) is 11.3. The number of carboxylic acid groups (broad SMARTS) is 1. The summed E-state index contributed by atoms with van der Waals surface area (Å²) in [6.45, 7) is 1.84. The molecular formula is C14H17ClN2O3. The molecule has 1 aliphatic carbocycles. The quantitative estimate of drug-likeness (QED) is 0.837. The van der Waals surface area contributed by atoms with Crippen LogP contribution in [0.25, 0.3) is 0 Å². The van der Waals surface area contributed by atoms with Crippen LogP contribution >= 0.6 is 11.6 Å². The molecule has 0 atom stereocenters. The minimum Gasteiger partial charge on any atom is -0.481 e. The molecule has 0 aliphatic heterocycles. The standard InChI is InChI=1S/C14H17ClN2O3/c1-9-6-10(12(15)16-8-9)17-11(18)7-14(13(19)20)4-2-3-5-14/h6,8H,2-5,7H2,1H3,(H,17,18)(H,19,20). The Morgan fingerprint density at radius 3 is 2.70 bits per heavy atom. The molecule has 1 aliphatic rings. The SMILES string of the molecule is Cc1cnc(Cl)c(NC(=O)CC2(C(=O)O)CCCC2)c1. The largest absolute Gasteiger partial charge is 0.481 e. The van der Waals surface area contributed by atoms with Crippen molar-refractivity contribution in [3.05, 3.63) is 23.0 Å². The lowest BCUT2D eigenvalue weighted by Gasteiger charge is -2.22. The summed E-state index contributed by atoms with van der Waals surface area (Å²) in [5, 5.41) is 12.2. The molecule has 0 spiro atoms. The van der Waals surface area contributed by atoms with E-state index in [1.807, 2.05) is 6.92 Å². The number of nitrogens with one attached hydrogen (secondary N) is 1. The van der Waals surface area contributed by atoms with Crippen LogP contribution in [-0.4, -0.2) is 22.0 Å². The van der Waals surface area contributed by atoms with Gasteiger partial charge in [-0.25, -0.2) is 4.98 Å². The fourth-order valence-corrected chi connectivity index (χ4v) is 2.81. The Morgan fingerprint density at radius 1 is 1.45 bits per heavy atom. The highest BCUT2D eigenvalue weighted by Gasteiger charge is 2.43. The maximum atomic E-state index is 12.1. The van der Waals surface area contributed by atoms with E-state index in [0.717, 1.165) is 18.4 Å². The Hall–Kier alpha value is -1.62. The maximum Gasteiger partial charge on any atom is 0.310 e. The minimum atomic E-state index is -0.923. The Balaban J connectivity index is 2.08. The van der Waals surface area contributed by atoms with Gasteiger partial charge >= 0.3 is 5.97 Å². The van der Waals surface area contributed by atoms with Crippen LogP contribution in [0.3, 0.4) is 0 Å². The topological polar surface area (TPSA) is 79.3 Å². The number of carbonyl (C=O) groups excluding carboxylic acids is 1.